The van der Waals surface area contributed by atoms with Crippen LogP contribution in [0.1, 0.15) is 23.7 Å². The first-order valence-electron chi connectivity index (χ1n) is 8.78. The average Bonchev–Trinajstić information content (AvgIpc) is 2.63. The van der Waals surface area contributed by atoms with Gasteiger partial charge in [0.05, 0.1) is 5.60 Å². The van der Waals surface area contributed by atoms with Crippen LogP contribution in [0, 0.1) is 11.2 Å². The van der Waals surface area contributed by atoms with Gasteiger partial charge in [0.2, 0.25) is 0 Å². The molecule has 1 aliphatic rings. The quantitative estimate of drug-likeness (QED) is 0.240. The van der Waals surface area contributed by atoms with Crippen molar-refractivity contribution >= 4 is 28.8 Å². The van der Waals surface area contributed by atoms with Crippen LogP contribution in [0.3, 0.4) is 0 Å². The lowest BCUT2D eigenvalue weighted by atomic mass is 9.29. The molecule has 2 rings (SSSR count). The highest BCUT2D eigenvalue weighted by atomic mass is 32.5. The first kappa shape index (κ1) is 23.9. The molecule has 0 spiro atoms. The standard InChI is InChI=1S/C16H19BF5N3O4S/c1-2-7-29-16(8-17(9-16)10-23)13(15(27)25-28)24-14(26)11-3-5-12(6-4-11)30(18,19,20,21)22/h3-6,13,28H,2,7-9H2,1H3,(H,24,26)(H,25,27). The number of carbonyl (C=O) groups excluding carboxylic acids is 2. The Balaban J connectivity index is 2.28. The van der Waals surface area contributed by atoms with Crippen molar-refractivity contribution < 1.29 is 39.0 Å². The maximum Gasteiger partial charge on any atom is 0.310 e. The van der Waals surface area contributed by atoms with Gasteiger partial charge in [0.1, 0.15) is 10.9 Å². The minimum atomic E-state index is -9.89. The van der Waals surface area contributed by atoms with Crippen LogP contribution < -0.4 is 10.8 Å². The second-order valence-electron chi connectivity index (χ2n) is 7.02. The molecule has 0 bridgehead atoms. The van der Waals surface area contributed by atoms with Crippen LogP contribution in [-0.4, -0.2) is 42.0 Å². The summed E-state index contributed by atoms with van der Waals surface area (Å²) in [6, 6.07) is -0.211. The molecule has 7 nitrogen and oxygen atoms in total. The molecule has 0 aliphatic carbocycles. The third-order valence-electron chi connectivity index (χ3n) is 4.70. The minimum absolute atomic E-state index is 0.0744. The van der Waals surface area contributed by atoms with Gasteiger partial charge in [-0.25, -0.2) is 10.7 Å². The second kappa shape index (κ2) is 7.40. The van der Waals surface area contributed by atoms with E-state index in [4.69, 9.17) is 15.2 Å². The smallest absolute Gasteiger partial charge is 0.310 e. The van der Waals surface area contributed by atoms with Gasteiger partial charge in [-0.1, -0.05) is 26.4 Å². The summed E-state index contributed by atoms with van der Waals surface area (Å²) in [5, 5.41) is 20.3. The first-order valence-corrected chi connectivity index (χ1v) is 10.7. The predicted molar refractivity (Wildman–Crippen MR) is 99.0 cm³/mol. The zero-order valence-corrected chi connectivity index (χ0v) is 16.5. The number of rotatable bonds is 8. The molecule has 1 aliphatic heterocycles. The summed E-state index contributed by atoms with van der Waals surface area (Å²) >= 11 is 0. The SMILES string of the molecule is CCCOC1(C(NC(=O)c2ccc(S(F)(F)(F)(F)F)cc2)C(=O)NO)CB(C#N)C1. The summed E-state index contributed by atoms with van der Waals surface area (Å²) in [6.07, 6.45) is 0.701. The van der Waals surface area contributed by atoms with E-state index in [-0.39, 0.29) is 31.4 Å². The van der Waals surface area contributed by atoms with Gasteiger partial charge in [-0.2, -0.15) is 0 Å². The Morgan fingerprint density at radius 1 is 1.27 bits per heavy atom. The van der Waals surface area contributed by atoms with E-state index >= 15 is 0 Å². The molecule has 30 heavy (non-hydrogen) atoms. The molecular weight excluding hydrogens is 436 g/mol. The van der Waals surface area contributed by atoms with Gasteiger partial charge in [0.15, 0.2) is 0 Å². The van der Waals surface area contributed by atoms with Crippen molar-refractivity contribution in [1.82, 2.24) is 10.8 Å². The Hall–Kier alpha value is -2.37. The van der Waals surface area contributed by atoms with Crippen LogP contribution in [0.25, 0.3) is 0 Å². The summed E-state index contributed by atoms with van der Waals surface area (Å²) in [5.41, 5.74) is -0.337. The zero-order valence-electron chi connectivity index (χ0n) is 15.7. The normalized spacial score (nSPS) is 18.8. The van der Waals surface area contributed by atoms with Gasteiger partial charge in [-0.3, -0.25) is 14.8 Å². The Morgan fingerprint density at radius 3 is 2.27 bits per heavy atom. The van der Waals surface area contributed by atoms with Crippen molar-refractivity contribution in [3.05, 3.63) is 29.8 Å². The van der Waals surface area contributed by atoms with Gasteiger partial charge in [-0.15, -0.1) is 0 Å². The lowest BCUT2D eigenvalue weighted by Crippen LogP contribution is -2.67. The Kier molecular flexibility index (Phi) is 5.90. The van der Waals surface area contributed by atoms with Crippen molar-refractivity contribution in [2.75, 3.05) is 6.61 Å². The van der Waals surface area contributed by atoms with Crippen LogP contribution in [0.5, 0.6) is 0 Å². The van der Waals surface area contributed by atoms with E-state index in [1.54, 1.807) is 6.92 Å². The third kappa shape index (κ3) is 5.21. The van der Waals surface area contributed by atoms with E-state index in [9.17, 15) is 29.0 Å². The number of nitriles is 1. The Morgan fingerprint density at radius 2 is 1.83 bits per heavy atom. The molecule has 0 saturated carbocycles. The summed E-state index contributed by atoms with van der Waals surface area (Å²) in [4.78, 5) is 22.5. The summed E-state index contributed by atoms with van der Waals surface area (Å²) in [5.74, 6) is -0.105. The van der Waals surface area contributed by atoms with E-state index in [1.807, 2.05) is 5.97 Å². The largest absolute Gasteiger partial charge is 0.374 e. The molecule has 0 aromatic heterocycles. The number of hydrogen-bond acceptors (Lipinski definition) is 5. The lowest BCUT2D eigenvalue weighted by Gasteiger charge is -2.47. The minimum Gasteiger partial charge on any atom is -0.374 e. The summed E-state index contributed by atoms with van der Waals surface area (Å²) < 4.78 is 69.8. The first-order chi connectivity index (χ1) is 13.7. The average molecular weight is 455 g/mol. The molecule has 1 aromatic rings. The Bertz CT molecular complexity index is 870. The van der Waals surface area contributed by atoms with Gasteiger partial charge >= 0.3 is 10.2 Å². The second-order valence-corrected chi connectivity index (χ2v) is 9.43. The third-order valence-corrected chi connectivity index (χ3v) is 5.86. The van der Waals surface area contributed by atoms with Crippen LogP contribution >= 0.6 is 10.2 Å². The van der Waals surface area contributed by atoms with Gasteiger partial charge < -0.3 is 10.1 Å². The van der Waals surface area contributed by atoms with Gasteiger partial charge in [-0.05, 0) is 43.3 Å². The van der Waals surface area contributed by atoms with Crippen LogP contribution in [-0.2, 0) is 9.53 Å². The predicted octanol–water partition coefficient (Wildman–Crippen LogP) is 3.68. The number of ether oxygens (including phenoxy) is 1. The van der Waals surface area contributed by atoms with E-state index < -0.39 is 50.9 Å². The molecule has 0 radical (unpaired) electrons. The highest BCUT2D eigenvalue weighted by molar-refractivity contribution is 8.45. The molecule has 1 atom stereocenters. The van der Waals surface area contributed by atoms with E-state index in [2.05, 4.69) is 5.32 Å². The number of amides is 2. The molecule has 2 amide bonds. The molecule has 1 unspecified atom stereocenters. The van der Waals surface area contributed by atoms with Crippen LogP contribution in [0.15, 0.2) is 29.2 Å². The molecular formula is C16H19BF5N3O4S. The number of halogens is 5. The fourth-order valence-corrected chi connectivity index (χ4v) is 3.84. The van der Waals surface area contributed by atoms with E-state index in [0.29, 0.717) is 18.6 Å². The number of nitrogens with zero attached hydrogens (tertiary/aromatic N) is 1. The highest BCUT2D eigenvalue weighted by Crippen LogP contribution is 3.02. The summed E-state index contributed by atoms with van der Waals surface area (Å²) in [7, 11) is -9.89. The number of nitrogens with one attached hydrogen (secondary N) is 2. The molecule has 1 heterocycles. The molecule has 166 valence electrons. The van der Waals surface area contributed by atoms with Crippen LogP contribution in [0.4, 0.5) is 19.4 Å². The van der Waals surface area contributed by atoms with E-state index in [1.165, 1.54) is 5.48 Å². The van der Waals surface area contributed by atoms with Crippen molar-refractivity contribution in [2.24, 2.45) is 0 Å². The molecule has 1 aromatic carbocycles. The molecule has 14 heteroatoms. The number of hydroxylamine groups is 1. The monoisotopic (exact) mass is 455 g/mol. The maximum absolute atomic E-state index is 12.8. The van der Waals surface area contributed by atoms with Gasteiger partial charge in [0, 0.05) is 18.1 Å². The summed E-state index contributed by atoms with van der Waals surface area (Å²) in [6.45, 7) is 1.51. The fraction of sp³-hybridized carbons (Fsp3) is 0.438. The number of carbonyl (C=O) groups is 2. The zero-order chi connectivity index (χ0) is 22.9. The van der Waals surface area contributed by atoms with E-state index in [0.717, 1.165) is 0 Å². The lowest BCUT2D eigenvalue weighted by molar-refractivity contribution is -0.141. The van der Waals surface area contributed by atoms with Crippen molar-refractivity contribution in [3.63, 3.8) is 0 Å². The van der Waals surface area contributed by atoms with Gasteiger partial charge in [0.25, 0.3) is 18.5 Å². The molecule has 1 saturated heterocycles. The number of benzene rings is 1. The fourth-order valence-electron chi connectivity index (χ4n) is 3.19. The number of hydrogen-bond donors (Lipinski definition) is 3. The van der Waals surface area contributed by atoms with Crippen molar-refractivity contribution in [2.45, 2.75) is 42.5 Å². The van der Waals surface area contributed by atoms with Crippen molar-refractivity contribution in [3.8, 4) is 5.97 Å². The molecule has 1 fully saturated rings. The topological polar surface area (TPSA) is 111 Å². The molecule has 3 N–H and O–H groups in total. The maximum atomic E-state index is 12.8. The Labute approximate surface area is 169 Å². The van der Waals surface area contributed by atoms with Crippen molar-refractivity contribution in [1.29, 1.82) is 5.26 Å². The van der Waals surface area contributed by atoms with Crippen LogP contribution in [0.2, 0.25) is 12.6 Å². The highest BCUT2D eigenvalue weighted by Gasteiger charge is 2.65.